The maximum atomic E-state index is 12.5. The number of ketones is 1. The fourth-order valence-corrected chi connectivity index (χ4v) is 9.36. The normalized spacial score (nSPS) is 26.4. The van der Waals surface area contributed by atoms with E-state index in [4.69, 9.17) is 8.37 Å². The third-order valence-electron chi connectivity index (χ3n) is 8.59. The lowest BCUT2D eigenvalue weighted by Gasteiger charge is -2.55. The molecule has 2 saturated carbocycles. The fraction of sp³-hybridized carbons (Fsp3) is 0.971. The van der Waals surface area contributed by atoms with Crippen LogP contribution in [-0.2, 0) is 13.2 Å². The first kappa shape index (κ1) is 40.3. The van der Waals surface area contributed by atoms with Gasteiger partial charge in [-0.1, -0.05) is 61.3 Å². The van der Waals surface area contributed by atoms with E-state index in [0.29, 0.717) is 28.4 Å². The van der Waals surface area contributed by atoms with Crippen LogP contribution < -0.4 is 0 Å². The molecule has 2 rings (SSSR count). The Labute approximate surface area is 256 Å². The highest BCUT2D eigenvalue weighted by Crippen LogP contribution is 2.60. The Hall–Kier alpha value is 0.290. The van der Waals surface area contributed by atoms with Crippen molar-refractivity contribution in [3.63, 3.8) is 0 Å². The Balaban J connectivity index is 0.00000232. The van der Waals surface area contributed by atoms with Crippen LogP contribution in [0.2, 0.25) is 0 Å². The van der Waals surface area contributed by atoms with E-state index in [-0.39, 0.29) is 5.60 Å². The highest BCUT2D eigenvalue weighted by atomic mass is 32.3. The average Bonchev–Trinajstić information content (AvgIpc) is 2.92. The second-order valence-corrected chi connectivity index (χ2v) is 23.0. The zero-order valence-electron chi connectivity index (χ0n) is 30.0. The van der Waals surface area contributed by atoms with E-state index in [0.717, 1.165) is 44.6 Å². The summed E-state index contributed by atoms with van der Waals surface area (Å²) in [5.41, 5.74) is 0.528. The SMILES string of the molecule is CC.CC(C)(CCCC(C)(CCCOS(C)(C)C)[C@H]1CCCC2CC(=O)CCCC21C)OS(C)(C)C.CC(C)C. The molecule has 0 radical (unpaired) electrons. The summed E-state index contributed by atoms with van der Waals surface area (Å²) in [6, 6.07) is 0. The minimum Gasteiger partial charge on any atom is -0.337 e. The summed E-state index contributed by atoms with van der Waals surface area (Å²) < 4.78 is 12.7. The molecule has 3 unspecified atom stereocenters. The van der Waals surface area contributed by atoms with E-state index in [1.54, 1.807) is 0 Å². The third-order valence-corrected chi connectivity index (χ3v) is 10.4. The highest BCUT2D eigenvalue weighted by Gasteiger charge is 2.51. The first-order valence-electron chi connectivity index (χ1n) is 16.4. The average molecular weight is 607 g/mol. The van der Waals surface area contributed by atoms with Crippen LogP contribution in [0, 0.1) is 28.6 Å². The van der Waals surface area contributed by atoms with E-state index in [2.05, 4.69) is 86.0 Å². The molecule has 0 aromatic carbocycles. The molecule has 5 heteroatoms. The lowest BCUT2D eigenvalue weighted by Crippen LogP contribution is -2.47. The van der Waals surface area contributed by atoms with Crippen molar-refractivity contribution in [2.45, 2.75) is 145 Å². The molecule has 0 heterocycles. The van der Waals surface area contributed by atoms with Gasteiger partial charge in [-0.25, -0.2) is 0 Å². The molecule has 0 saturated heterocycles. The van der Waals surface area contributed by atoms with E-state index >= 15 is 0 Å². The number of carbonyl (C=O) groups excluding carboxylic acids is 1. The van der Waals surface area contributed by atoms with E-state index in [1.807, 2.05) is 13.8 Å². The summed E-state index contributed by atoms with van der Waals surface area (Å²) in [6.07, 6.45) is 27.2. The molecule has 0 aromatic rings. The number of carbonyl (C=O) groups is 1. The smallest absolute Gasteiger partial charge is 0.133 e. The predicted molar refractivity (Wildman–Crippen MR) is 187 cm³/mol. The van der Waals surface area contributed by atoms with Crippen LogP contribution in [0.15, 0.2) is 0 Å². The summed E-state index contributed by atoms with van der Waals surface area (Å²) in [5.74, 6) is 2.63. The first-order valence-corrected chi connectivity index (χ1v) is 22.0. The molecule has 0 bridgehead atoms. The molecule has 2 aliphatic carbocycles. The molecule has 0 aromatic heterocycles. The van der Waals surface area contributed by atoms with Crippen molar-refractivity contribution < 1.29 is 13.2 Å². The standard InChI is InChI=1S/C29H58O3S2.C4H10.C2H6/c1-27(2,32-34(8,9)10)18-13-19-28(3,20-14-22-31-33(5,6)7)26-17-11-15-24-23-25(30)16-12-21-29(24,26)4;1-4(2)3;1-2/h24,26H,11-23H2,1-10H3;4H,1-3H3;1-2H3/t24?,26-,28?,29?;;/m1../s1. The Morgan fingerprint density at radius 1 is 0.875 bits per heavy atom. The maximum absolute atomic E-state index is 12.5. The minimum absolute atomic E-state index is 0.0685. The van der Waals surface area contributed by atoms with Gasteiger partial charge in [-0.15, -0.1) is 20.6 Å². The summed E-state index contributed by atoms with van der Waals surface area (Å²) in [5, 5.41) is 0. The third kappa shape index (κ3) is 15.7. The number of hydrogen-bond acceptors (Lipinski definition) is 3. The van der Waals surface area contributed by atoms with Crippen molar-refractivity contribution in [1.29, 1.82) is 0 Å². The van der Waals surface area contributed by atoms with Gasteiger partial charge >= 0.3 is 0 Å². The van der Waals surface area contributed by atoms with Gasteiger partial charge in [-0.3, -0.25) is 4.79 Å². The summed E-state index contributed by atoms with van der Waals surface area (Å²) >= 11 is 0. The van der Waals surface area contributed by atoms with Gasteiger partial charge in [0.05, 0.1) is 12.2 Å². The molecule has 3 nitrogen and oxygen atoms in total. The minimum atomic E-state index is -0.981. The Kier molecular flexibility index (Phi) is 17.7. The van der Waals surface area contributed by atoms with Gasteiger partial charge in [-0.2, -0.15) is 0 Å². The van der Waals surface area contributed by atoms with Crippen molar-refractivity contribution in [1.82, 2.24) is 0 Å². The zero-order chi connectivity index (χ0) is 31.4. The molecule has 244 valence electrons. The quantitative estimate of drug-likeness (QED) is 0.207. The van der Waals surface area contributed by atoms with Crippen LogP contribution >= 0.6 is 20.6 Å². The molecule has 2 aliphatic rings. The number of rotatable bonds is 12. The summed E-state index contributed by atoms with van der Waals surface area (Å²) in [7, 11) is -1.89. The molecule has 0 spiro atoms. The zero-order valence-corrected chi connectivity index (χ0v) is 31.6. The van der Waals surface area contributed by atoms with Gasteiger partial charge in [0.25, 0.3) is 0 Å². The molecular weight excluding hydrogens is 533 g/mol. The van der Waals surface area contributed by atoms with Crippen LogP contribution in [0.5, 0.6) is 0 Å². The Morgan fingerprint density at radius 2 is 1.43 bits per heavy atom. The molecule has 0 aliphatic heterocycles. The van der Waals surface area contributed by atoms with Crippen LogP contribution in [0.1, 0.15) is 139 Å². The van der Waals surface area contributed by atoms with Crippen LogP contribution in [-0.4, -0.2) is 55.5 Å². The number of hydrogen-bond donors (Lipinski definition) is 0. The van der Waals surface area contributed by atoms with Gasteiger partial charge in [0.2, 0.25) is 0 Å². The fourth-order valence-electron chi connectivity index (χ4n) is 7.31. The molecule has 0 amide bonds. The molecule has 40 heavy (non-hydrogen) atoms. The second-order valence-electron chi connectivity index (χ2n) is 15.7. The Bertz CT molecular complexity index is 704. The molecule has 2 fully saturated rings. The summed E-state index contributed by atoms with van der Waals surface area (Å²) in [6.45, 7) is 21.1. The van der Waals surface area contributed by atoms with E-state index in [9.17, 15) is 4.79 Å². The van der Waals surface area contributed by atoms with Crippen molar-refractivity contribution in [3.05, 3.63) is 0 Å². The van der Waals surface area contributed by atoms with Crippen molar-refractivity contribution in [2.24, 2.45) is 28.6 Å². The predicted octanol–water partition coefficient (Wildman–Crippen LogP) is 11.2. The second kappa shape index (κ2) is 17.6. The topological polar surface area (TPSA) is 35.5 Å². The first-order chi connectivity index (χ1) is 18.2. The maximum Gasteiger partial charge on any atom is 0.133 e. The number of Topliss-reactive ketones (excluding diaryl/α,β-unsaturated/α-hetero) is 1. The van der Waals surface area contributed by atoms with Crippen LogP contribution in [0.25, 0.3) is 0 Å². The summed E-state index contributed by atoms with van der Waals surface area (Å²) in [4.78, 5) is 12.5. The van der Waals surface area contributed by atoms with Crippen LogP contribution in [0.4, 0.5) is 0 Å². The van der Waals surface area contributed by atoms with Gasteiger partial charge in [-0.05, 0) is 131 Å². The van der Waals surface area contributed by atoms with Gasteiger partial charge < -0.3 is 8.37 Å². The molecule has 4 atom stereocenters. The van der Waals surface area contributed by atoms with Gasteiger partial charge in [0.1, 0.15) is 5.78 Å². The monoisotopic (exact) mass is 607 g/mol. The molecular formula is C35H74O3S2. The highest BCUT2D eigenvalue weighted by molar-refractivity contribution is 8.28. The Morgan fingerprint density at radius 3 is 1.95 bits per heavy atom. The lowest BCUT2D eigenvalue weighted by atomic mass is 9.50. The van der Waals surface area contributed by atoms with Crippen molar-refractivity contribution >= 4 is 26.4 Å². The van der Waals surface area contributed by atoms with E-state index in [1.165, 1.54) is 44.9 Å². The van der Waals surface area contributed by atoms with Crippen molar-refractivity contribution in [2.75, 3.05) is 44.1 Å². The van der Waals surface area contributed by atoms with Gasteiger partial charge in [0.15, 0.2) is 0 Å². The van der Waals surface area contributed by atoms with E-state index < -0.39 is 20.6 Å². The molecule has 0 N–H and O–H groups in total. The van der Waals surface area contributed by atoms with Gasteiger partial charge in [0, 0.05) is 12.8 Å². The van der Waals surface area contributed by atoms with Crippen LogP contribution in [0.3, 0.4) is 0 Å². The largest absolute Gasteiger partial charge is 0.337 e. The van der Waals surface area contributed by atoms with Crippen molar-refractivity contribution in [3.8, 4) is 0 Å². The number of fused-ring (bicyclic) bond motifs is 1. The lowest BCUT2D eigenvalue weighted by molar-refractivity contribution is -0.121.